The van der Waals surface area contributed by atoms with Crippen LogP contribution in [0.15, 0.2) is 12.1 Å². The predicted molar refractivity (Wildman–Crippen MR) is 81.4 cm³/mol. The second-order valence-corrected chi connectivity index (χ2v) is 5.45. The van der Waals surface area contributed by atoms with Crippen LogP contribution in [-0.2, 0) is 0 Å². The average molecular weight is 346 g/mol. The SMILES string of the molecule is COc1cc(C(=O)NC(C)(C)CBr)cc(OC)c1OC. The number of benzene rings is 1. The van der Waals surface area contributed by atoms with Gasteiger partial charge in [-0.3, -0.25) is 4.79 Å². The first-order valence-electron chi connectivity index (χ1n) is 6.07. The zero-order valence-corrected chi connectivity index (χ0v) is 14.0. The van der Waals surface area contributed by atoms with Crippen LogP contribution < -0.4 is 19.5 Å². The Hall–Kier alpha value is -1.43. The van der Waals surface area contributed by atoms with Gasteiger partial charge in [-0.25, -0.2) is 0 Å². The zero-order valence-electron chi connectivity index (χ0n) is 12.4. The van der Waals surface area contributed by atoms with Gasteiger partial charge in [0.15, 0.2) is 11.5 Å². The van der Waals surface area contributed by atoms with Gasteiger partial charge in [0.25, 0.3) is 5.91 Å². The van der Waals surface area contributed by atoms with E-state index in [2.05, 4.69) is 21.2 Å². The molecule has 0 aliphatic heterocycles. The van der Waals surface area contributed by atoms with Crippen LogP contribution in [0.4, 0.5) is 0 Å². The number of halogens is 1. The number of hydrogen-bond acceptors (Lipinski definition) is 4. The van der Waals surface area contributed by atoms with Crippen molar-refractivity contribution in [2.75, 3.05) is 26.7 Å². The molecular weight excluding hydrogens is 326 g/mol. The smallest absolute Gasteiger partial charge is 0.251 e. The van der Waals surface area contributed by atoms with Crippen molar-refractivity contribution in [2.45, 2.75) is 19.4 Å². The monoisotopic (exact) mass is 345 g/mol. The lowest BCUT2D eigenvalue weighted by atomic mass is 10.1. The van der Waals surface area contributed by atoms with E-state index in [4.69, 9.17) is 14.2 Å². The van der Waals surface area contributed by atoms with Crippen molar-refractivity contribution in [3.63, 3.8) is 0 Å². The molecule has 5 nitrogen and oxygen atoms in total. The summed E-state index contributed by atoms with van der Waals surface area (Å²) in [6.07, 6.45) is 0. The van der Waals surface area contributed by atoms with E-state index in [0.29, 0.717) is 28.1 Å². The fourth-order valence-electron chi connectivity index (χ4n) is 1.63. The summed E-state index contributed by atoms with van der Waals surface area (Å²) in [5.41, 5.74) is 0.103. The highest BCUT2D eigenvalue weighted by Crippen LogP contribution is 2.38. The average Bonchev–Trinajstić information content (AvgIpc) is 2.44. The lowest BCUT2D eigenvalue weighted by Gasteiger charge is -2.24. The van der Waals surface area contributed by atoms with Crippen LogP contribution in [-0.4, -0.2) is 38.1 Å². The minimum atomic E-state index is -0.350. The Bertz CT molecular complexity index is 463. The number of hydrogen-bond donors (Lipinski definition) is 1. The molecule has 0 aromatic heterocycles. The molecule has 0 aliphatic carbocycles. The molecule has 1 aromatic carbocycles. The highest BCUT2D eigenvalue weighted by molar-refractivity contribution is 9.09. The molecule has 1 N–H and O–H groups in total. The van der Waals surface area contributed by atoms with E-state index in [1.54, 1.807) is 12.1 Å². The summed E-state index contributed by atoms with van der Waals surface area (Å²) in [6.45, 7) is 3.86. The predicted octanol–water partition coefficient (Wildman–Crippen LogP) is 2.62. The van der Waals surface area contributed by atoms with Gasteiger partial charge in [-0.2, -0.15) is 0 Å². The van der Waals surface area contributed by atoms with Crippen LogP contribution >= 0.6 is 15.9 Å². The van der Waals surface area contributed by atoms with Crippen molar-refractivity contribution in [1.82, 2.24) is 5.32 Å². The summed E-state index contributed by atoms with van der Waals surface area (Å²) in [5, 5.41) is 3.57. The maximum absolute atomic E-state index is 12.3. The van der Waals surface area contributed by atoms with Gasteiger partial charge in [-0.15, -0.1) is 0 Å². The molecule has 6 heteroatoms. The van der Waals surface area contributed by atoms with Crippen molar-refractivity contribution in [1.29, 1.82) is 0 Å². The summed E-state index contributed by atoms with van der Waals surface area (Å²) in [5.74, 6) is 1.17. The highest BCUT2D eigenvalue weighted by atomic mass is 79.9. The third-order valence-corrected chi connectivity index (χ3v) is 4.11. The van der Waals surface area contributed by atoms with Gasteiger partial charge in [0, 0.05) is 16.4 Å². The molecule has 0 radical (unpaired) electrons. The van der Waals surface area contributed by atoms with Crippen LogP contribution in [0, 0.1) is 0 Å². The largest absolute Gasteiger partial charge is 0.493 e. The van der Waals surface area contributed by atoms with Crippen molar-refractivity contribution in [2.24, 2.45) is 0 Å². The first kappa shape index (κ1) is 16.6. The van der Waals surface area contributed by atoms with Crippen molar-refractivity contribution in [3.8, 4) is 17.2 Å². The van der Waals surface area contributed by atoms with Gasteiger partial charge in [0.2, 0.25) is 5.75 Å². The fourth-order valence-corrected chi connectivity index (χ4v) is 1.77. The molecular formula is C14H20BrNO4. The van der Waals surface area contributed by atoms with E-state index in [-0.39, 0.29) is 11.4 Å². The molecule has 0 aliphatic rings. The Balaban J connectivity index is 3.16. The Kier molecular flexibility index (Phi) is 5.68. The minimum absolute atomic E-state index is 0.200. The summed E-state index contributed by atoms with van der Waals surface area (Å²) >= 11 is 3.37. The molecule has 1 aromatic rings. The summed E-state index contributed by atoms with van der Waals surface area (Å²) in [4.78, 5) is 12.3. The van der Waals surface area contributed by atoms with E-state index in [9.17, 15) is 4.79 Å². The maximum atomic E-state index is 12.3. The van der Waals surface area contributed by atoms with Gasteiger partial charge in [0.05, 0.1) is 21.3 Å². The second-order valence-electron chi connectivity index (χ2n) is 4.89. The van der Waals surface area contributed by atoms with Crippen molar-refractivity contribution >= 4 is 21.8 Å². The normalized spacial score (nSPS) is 10.9. The van der Waals surface area contributed by atoms with E-state index in [1.165, 1.54) is 21.3 Å². The van der Waals surface area contributed by atoms with E-state index < -0.39 is 0 Å². The molecule has 1 amide bonds. The molecule has 1 rings (SSSR count). The number of nitrogens with one attached hydrogen (secondary N) is 1. The van der Waals surface area contributed by atoms with E-state index in [0.717, 1.165) is 0 Å². The fraction of sp³-hybridized carbons (Fsp3) is 0.500. The van der Waals surface area contributed by atoms with E-state index >= 15 is 0 Å². The lowest BCUT2D eigenvalue weighted by molar-refractivity contribution is 0.0920. The zero-order chi connectivity index (χ0) is 15.3. The topological polar surface area (TPSA) is 56.8 Å². The first-order chi connectivity index (χ1) is 9.38. The Morgan fingerprint density at radius 1 is 1.15 bits per heavy atom. The molecule has 0 fully saturated rings. The first-order valence-corrected chi connectivity index (χ1v) is 7.19. The van der Waals surface area contributed by atoms with Crippen molar-refractivity contribution < 1.29 is 19.0 Å². The Morgan fingerprint density at radius 3 is 2.00 bits per heavy atom. The summed E-state index contributed by atoms with van der Waals surface area (Å²) < 4.78 is 15.7. The van der Waals surface area contributed by atoms with Crippen LogP contribution in [0.3, 0.4) is 0 Å². The van der Waals surface area contributed by atoms with Crippen molar-refractivity contribution in [3.05, 3.63) is 17.7 Å². The molecule has 0 atom stereocenters. The molecule has 0 heterocycles. The number of carbonyl (C=O) groups excluding carboxylic acids is 1. The van der Waals surface area contributed by atoms with Gasteiger partial charge < -0.3 is 19.5 Å². The quantitative estimate of drug-likeness (QED) is 0.805. The van der Waals surface area contributed by atoms with Gasteiger partial charge in [-0.05, 0) is 26.0 Å². The van der Waals surface area contributed by atoms with Gasteiger partial charge in [-0.1, -0.05) is 15.9 Å². The molecule has 0 saturated carbocycles. The number of ether oxygens (including phenoxy) is 3. The number of amides is 1. The lowest BCUT2D eigenvalue weighted by Crippen LogP contribution is -2.44. The highest BCUT2D eigenvalue weighted by Gasteiger charge is 2.22. The molecule has 20 heavy (non-hydrogen) atoms. The molecule has 0 unspecified atom stereocenters. The van der Waals surface area contributed by atoms with Gasteiger partial charge >= 0.3 is 0 Å². The number of alkyl halides is 1. The minimum Gasteiger partial charge on any atom is -0.493 e. The van der Waals surface area contributed by atoms with Crippen LogP contribution in [0.2, 0.25) is 0 Å². The van der Waals surface area contributed by atoms with Gasteiger partial charge in [0.1, 0.15) is 0 Å². The maximum Gasteiger partial charge on any atom is 0.251 e. The molecule has 0 bridgehead atoms. The number of methoxy groups -OCH3 is 3. The summed E-state index contributed by atoms with van der Waals surface area (Å²) in [6, 6.07) is 3.25. The van der Waals surface area contributed by atoms with Crippen LogP contribution in [0.25, 0.3) is 0 Å². The Labute approximate surface area is 127 Å². The third-order valence-electron chi connectivity index (χ3n) is 2.71. The van der Waals surface area contributed by atoms with Crippen LogP contribution in [0.1, 0.15) is 24.2 Å². The Morgan fingerprint density at radius 2 is 1.65 bits per heavy atom. The summed E-state index contributed by atoms with van der Waals surface area (Å²) in [7, 11) is 4.55. The third kappa shape index (κ3) is 3.79. The second kappa shape index (κ2) is 6.83. The number of rotatable bonds is 6. The van der Waals surface area contributed by atoms with E-state index in [1.807, 2.05) is 13.8 Å². The molecule has 112 valence electrons. The molecule has 0 spiro atoms. The number of carbonyl (C=O) groups is 1. The van der Waals surface area contributed by atoms with Crippen LogP contribution in [0.5, 0.6) is 17.2 Å². The molecule has 0 saturated heterocycles. The standard InChI is InChI=1S/C14H20BrNO4/c1-14(2,8-15)16-13(17)9-6-10(18-3)12(20-5)11(7-9)19-4/h6-7H,8H2,1-5H3,(H,16,17).